The predicted octanol–water partition coefficient (Wildman–Crippen LogP) is 2.58. The molecule has 0 amide bonds. The topological polar surface area (TPSA) is 97.0 Å². The molecule has 3 aromatic rings. The van der Waals surface area contributed by atoms with E-state index in [0.717, 1.165) is 34.4 Å². The summed E-state index contributed by atoms with van der Waals surface area (Å²) < 4.78 is 6.82. The summed E-state index contributed by atoms with van der Waals surface area (Å²) in [5.74, 6) is -0.718. The van der Waals surface area contributed by atoms with E-state index in [4.69, 9.17) is 9.72 Å². The number of carbonyl (C=O) groups excluding carboxylic acids is 1. The van der Waals surface area contributed by atoms with Crippen LogP contribution in [0.25, 0.3) is 22.3 Å². The van der Waals surface area contributed by atoms with Gasteiger partial charge in [-0.25, -0.2) is 14.8 Å². The van der Waals surface area contributed by atoms with Gasteiger partial charge < -0.3 is 19.3 Å². The van der Waals surface area contributed by atoms with Crippen LogP contribution in [0.2, 0.25) is 0 Å². The van der Waals surface area contributed by atoms with E-state index in [1.54, 1.807) is 17.6 Å². The van der Waals surface area contributed by atoms with Gasteiger partial charge in [-0.15, -0.1) is 0 Å². The van der Waals surface area contributed by atoms with Crippen LogP contribution in [-0.4, -0.2) is 33.5 Å². The van der Waals surface area contributed by atoms with E-state index in [0.29, 0.717) is 29.1 Å². The number of nitrogens with zero attached hydrogens (tertiary/aromatic N) is 4. The number of ether oxygens (including phenoxy) is 1. The lowest BCUT2D eigenvalue weighted by molar-refractivity contribution is -0.172. The minimum atomic E-state index is -1.83. The monoisotopic (exact) mass is 416 g/mol. The van der Waals surface area contributed by atoms with E-state index in [2.05, 4.69) is 16.8 Å². The molecule has 31 heavy (non-hydrogen) atoms. The number of anilines is 1. The normalized spacial score (nSPS) is 20.5. The fraction of sp³-hybridized carbons (Fsp3) is 0.304. The Kier molecular flexibility index (Phi) is 3.54. The van der Waals surface area contributed by atoms with Crippen molar-refractivity contribution in [2.75, 3.05) is 11.4 Å². The average Bonchev–Trinajstić information content (AvgIpc) is 3.16. The Morgan fingerprint density at radius 2 is 2.06 bits per heavy atom. The van der Waals surface area contributed by atoms with Gasteiger partial charge in [0.2, 0.25) is 0 Å². The summed E-state index contributed by atoms with van der Waals surface area (Å²) in [4.78, 5) is 37.3. The zero-order valence-electron chi connectivity index (χ0n) is 17.2. The van der Waals surface area contributed by atoms with Crippen molar-refractivity contribution in [3.05, 3.63) is 51.3 Å². The van der Waals surface area contributed by atoms with Gasteiger partial charge in [0.25, 0.3) is 5.56 Å². The Bertz CT molecular complexity index is 1410. The van der Waals surface area contributed by atoms with E-state index in [9.17, 15) is 14.7 Å². The highest BCUT2D eigenvalue weighted by molar-refractivity contribution is 6.11. The van der Waals surface area contributed by atoms with Crippen molar-refractivity contribution in [3.63, 3.8) is 0 Å². The van der Waals surface area contributed by atoms with Gasteiger partial charge in [-0.2, -0.15) is 0 Å². The fourth-order valence-corrected chi connectivity index (χ4v) is 4.94. The van der Waals surface area contributed by atoms with Gasteiger partial charge in [0.15, 0.2) is 5.60 Å². The van der Waals surface area contributed by atoms with Gasteiger partial charge in [0.1, 0.15) is 6.61 Å². The average molecular weight is 416 g/mol. The first-order valence-corrected chi connectivity index (χ1v) is 10.4. The maximum absolute atomic E-state index is 13.4. The largest absolute Gasteiger partial charge is 0.458 e. The summed E-state index contributed by atoms with van der Waals surface area (Å²) in [6, 6.07) is 7.56. The van der Waals surface area contributed by atoms with Crippen molar-refractivity contribution in [2.45, 2.75) is 39.0 Å². The quantitative estimate of drug-likeness (QED) is 0.505. The number of aromatic nitrogens is 2. The summed E-state index contributed by atoms with van der Waals surface area (Å²) in [6.45, 7) is 4.71. The second-order valence-corrected chi connectivity index (χ2v) is 8.09. The molecule has 0 saturated carbocycles. The number of benzene rings is 1. The van der Waals surface area contributed by atoms with Crippen molar-refractivity contribution in [1.82, 2.24) is 9.55 Å². The van der Waals surface area contributed by atoms with E-state index in [1.165, 1.54) is 0 Å². The molecule has 1 N–H and O–H groups in total. The first-order chi connectivity index (χ1) is 15.0. The number of aliphatic imine (C=N–C) groups is 1. The minimum Gasteiger partial charge on any atom is -0.458 e. The molecule has 0 spiro atoms. The van der Waals surface area contributed by atoms with E-state index >= 15 is 0 Å². The lowest BCUT2D eigenvalue weighted by Gasteiger charge is -2.31. The molecule has 1 atom stereocenters. The number of hydrogen-bond donors (Lipinski definition) is 1. The number of carbonyl (C=O) groups is 1. The Hall–Kier alpha value is -3.52. The summed E-state index contributed by atoms with van der Waals surface area (Å²) in [7, 11) is 0. The molecule has 1 aromatic carbocycles. The van der Waals surface area contributed by atoms with Gasteiger partial charge >= 0.3 is 5.97 Å². The van der Waals surface area contributed by atoms with E-state index < -0.39 is 11.6 Å². The summed E-state index contributed by atoms with van der Waals surface area (Å²) in [5.41, 5.74) is 3.49. The third-order valence-corrected chi connectivity index (χ3v) is 6.63. The van der Waals surface area contributed by atoms with Crippen LogP contribution in [0.3, 0.4) is 0 Å². The lowest BCUT2D eigenvalue weighted by atomic mass is 9.86. The number of aliphatic hydroxyl groups is 1. The molecule has 6 rings (SSSR count). The Morgan fingerprint density at radius 3 is 2.84 bits per heavy atom. The molecule has 1 unspecified atom stereocenters. The zero-order chi connectivity index (χ0) is 21.5. The van der Waals surface area contributed by atoms with Gasteiger partial charge in [0.05, 0.1) is 52.1 Å². The number of rotatable bonds is 2. The number of hydrogen-bond acceptors (Lipinski definition) is 7. The standard InChI is InChI=1S/C23H20N4O4/c1-3-23(30)14-8-17-19-12(9-27(17)21(28)13(14)10-31-22(23)29)20-18-15(24-11-26(20)4-2)6-5-7-16(18)25-19/h5-8,11,30H,3-4,9-10H2,1-2H3. The van der Waals surface area contributed by atoms with E-state index in [1.807, 2.05) is 24.5 Å². The summed E-state index contributed by atoms with van der Waals surface area (Å²) in [6.07, 6.45) is 1.94. The van der Waals surface area contributed by atoms with Crippen molar-refractivity contribution < 1.29 is 14.6 Å². The number of fused-ring (bicyclic) bond motifs is 5. The summed E-state index contributed by atoms with van der Waals surface area (Å²) >= 11 is 0. The predicted molar refractivity (Wildman–Crippen MR) is 116 cm³/mol. The highest BCUT2D eigenvalue weighted by atomic mass is 16.6. The van der Waals surface area contributed by atoms with Gasteiger partial charge in [0, 0.05) is 17.7 Å². The molecule has 5 heterocycles. The molecule has 156 valence electrons. The molecule has 2 aromatic heterocycles. The van der Waals surface area contributed by atoms with Gasteiger partial charge in [-0.1, -0.05) is 13.0 Å². The van der Waals surface area contributed by atoms with Crippen molar-refractivity contribution in [2.24, 2.45) is 4.99 Å². The van der Waals surface area contributed by atoms with Crippen LogP contribution >= 0.6 is 0 Å². The van der Waals surface area contributed by atoms with Crippen molar-refractivity contribution >= 4 is 34.6 Å². The van der Waals surface area contributed by atoms with Crippen LogP contribution in [0.5, 0.6) is 0 Å². The van der Waals surface area contributed by atoms with Crippen LogP contribution in [-0.2, 0) is 28.3 Å². The molecule has 0 saturated heterocycles. The maximum Gasteiger partial charge on any atom is 0.343 e. The van der Waals surface area contributed by atoms with Crippen molar-refractivity contribution in [3.8, 4) is 11.4 Å². The van der Waals surface area contributed by atoms with Crippen LogP contribution in [0.4, 0.5) is 11.4 Å². The van der Waals surface area contributed by atoms with Gasteiger partial charge in [-0.05, 0) is 31.5 Å². The first kappa shape index (κ1) is 18.3. The highest BCUT2D eigenvalue weighted by Crippen LogP contribution is 2.46. The molecule has 0 radical (unpaired) electrons. The Morgan fingerprint density at radius 1 is 1.23 bits per heavy atom. The second-order valence-electron chi connectivity index (χ2n) is 8.09. The zero-order valence-corrected chi connectivity index (χ0v) is 17.2. The maximum atomic E-state index is 13.4. The molecule has 3 aliphatic rings. The summed E-state index contributed by atoms with van der Waals surface area (Å²) in [5, 5.41) is 12.0. The Balaban J connectivity index is 1.69. The van der Waals surface area contributed by atoms with Gasteiger partial charge in [-0.3, -0.25) is 4.79 Å². The molecule has 0 aliphatic carbocycles. The molecular weight excluding hydrogens is 396 g/mol. The molecule has 8 nitrogen and oxygen atoms in total. The van der Waals surface area contributed by atoms with Crippen molar-refractivity contribution in [1.29, 1.82) is 0 Å². The molecule has 3 aliphatic heterocycles. The second kappa shape index (κ2) is 6.01. The third kappa shape index (κ3) is 2.17. The van der Waals surface area contributed by atoms with Crippen LogP contribution in [0.1, 0.15) is 37.0 Å². The molecular formula is C23H20N4O4. The number of cyclic esters (lactones) is 1. The molecule has 8 heteroatoms. The molecule has 0 fully saturated rings. The fourth-order valence-electron chi connectivity index (χ4n) is 4.94. The number of esters is 1. The first-order valence-electron chi connectivity index (χ1n) is 10.4. The van der Waals surface area contributed by atoms with Crippen LogP contribution < -0.4 is 10.5 Å². The van der Waals surface area contributed by atoms with Crippen LogP contribution in [0, 0.1) is 0 Å². The SMILES string of the molecule is CCN1C=Nc2cccc3nc4c(c1c23)Cn1c-4cc2c(c1=O)COC(=O)C2(O)CC. The number of pyridine rings is 2. The highest BCUT2D eigenvalue weighted by Gasteiger charge is 2.45. The lowest BCUT2D eigenvalue weighted by Crippen LogP contribution is -2.44. The molecule has 0 bridgehead atoms. The van der Waals surface area contributed by atoms with Crippen LogP contribution in [0.15, 0.2) is 34.1 Å². The third-order valence-electron chi connectivity index (χ3n) is 6.63. The minimum absolute atomic E-state index is 0.119. The van der Waals surface area contributed by atoms with E-state index in [-0.39, 0.29) is 18.6 Å². The Labute approximate surface area is 177 Å². The smallest absolute Gasteiger partial charge is 0.343 e.